The molecule has 262 valence electrons. The summed E-state index contributed by atoms with van der Waals surface area (Å²) < 4.78 is 0. The maximum Gasteiger partial charge on any atom is 0.233 e. The van der Waals surface area contributed by atoms with E-state index in [1.54, 1.807) is 30.3 Å². The minimum Gasteiger partial charge on any atom is -0.565 e. The van der Waals surface area contributed by atoms with Crippen molar-refractivity contribution in [1.82, 2.24) is 15.2 Å². The predicted molar refractivity (Wildman–Crippen MR) is 200 cm³/mol. The molecule has 1 amide bonds. The fourth-order valence-corrected chi connectivity index (χ4v) is 6.41. The van der Waals surface area contributed by atoms with Crippen molar-refractivity contribution in [3.8, 4) is 5.75 Å². The number of piperidine rings is 1. The first-order valence-electron chi connectivity index (χ1n) is 16.7. The fourth-order valence-electron chi connectivity index (χ4n) is 6.13. The number of amidine groups is 1. The van der Waals surface area contributed by atoms with Crippen molar-refractivity contribution in [2.45, 2.75) is 71.6 Å². The van der Waals surface area contributed by atoms with Gasteiger partial charge >= 0.3 is 0 Å². The monoisotopic (exact) mass is 918 g/mol. The predicted octanol–water partition coefficient (Wildman–Crippen LogP) is 6.96. The molecule has 0 radical (unpaired) electrons. The number of amides is 1. The standard InChI is InChI=1S/C39H47ClN7O2.U/c1-7-35(46-17-15-39(5,41)16-18-46)44-21-26(4)37(45-42-6)31-9-8-10-33(36(31)40)43-22-27-11-12-29-23-47(24-30(29)19-27)38(49)32-20-28(25(2)3)13-14-34(32)48;/h7-12,14,19-21,25,42-43,48H,1,15-18,22-24,41H2,2-6H3;/q-1;/b26-21+,44-35?,45-37+;. The molecule has 3 aromatic carbocycles. The van der Waals surface area contributed by atoms with E-state index in [9.17, 15) is 9.90 Å². The Morgan fingerprint density at radius 1 is 1.14 bits per heavy atom. The third-order valence-corrected chi connectivity index (χ3v) is 9.63. The molecule has 2 aliphatic rings. The molecule has 0 aromatic heterocycles. The Balaban J connectivity index is 0.00000562. The minimum atomic E-state index is -0.187. The number of likely N-dealkylation sites (tertiary alicyclic amines) is 1. The number of phenolic OH excluding ortho intramolecular Hbond substituents is 1. The molecular formula is C39H47ClN7O2U-. The normalized spacial score (nSPS) is 16.2. The number of hydrogen-bond acceptors (Lipinski definition) is 7. The van der Waals surface area contributed by atoms with E-state index in [2.05, 4.69) is 58.5 Å². The molecule has 3 aromatic rings. The number of anilines is 1. The summed E-state index contributed by atoms with van der Waals surface area (Å²) >= 11 is 7.00. The second-order valence-corrected chi connectivity index (χ2v) is 13.8. The zero-order valence-electron chi connectivity index (χ0n) is 29.6. The number of benzene rings is 3. The van der Waals surface area contributed by atoms with Crippen LogP contribution < -0.4 is 16.5 Å². The van der Waals surface area contributed by atoms with E-state index < -0.39 is 0 Å². The molecule has 0 saturated carbocycles. The summed E-state index contributed by atoms with van der Waals surface area (Å²) in [6.45, 7) is 15.3. The molecule has 11 heteroatoms. The Labute approximate surface area is 325 Å². The first kappa shape index (κ1) is 39.2. The van der Waals surface area contributed by atoms with Crippen LogP contribution in [-0.4, -0.2) is 58.0 Å². The molecule has 5 rings (SSSR count). The van der Waals surface area contributed by atoms with Gasteiger partial charge in [-0.2, -0.15) is 22.8 Å². The number of phenols is 1. The Bertz CT molecular complexity index is 1810. The Hall–Kier alpha value is -3.55. The van der Waals surface area contributed by atoms with Crippen molar-refractivity contribution < 1.29 is 41.0 Å². The van der Waals surface area contributed by atoms with Gasteiger partial charge < -0.3 is 31.4 Å². The Morgan fingerprint density at radius 3 is 2.54 bits per heavy atom. The number of aromatic hydroxyl groups is 1. The van der Waals surface area contributed by atoms with Crippen molar-refractivity contribution in [3.63, 3.8) is 0 Å². The van der Waals surface area contributed by atoms with Crippen LogP contribution in [0.4, 0.5) is 5.69 Å². The summed E-state index contributed by atoms with van der Waals surface area (Å²) in [4.78, 5) is 22.1. The first-order chi connectivity index (χ1) is 23.4. The molecule has 0 spiro atoms. The molecule has 0 atom stereocenters. The van der Waals surface area contributed by atoms with Gasteiger partial charge in [0.15, 0.2) is 0 Å². The zero-order valence-corrected chi connectivity index (χ0v) is 34.5. The maximum atomic E-state index is 13.4. The number of carbonyl (C=O) groups excluding carboxylic acids is 1. The quantitative estimate of drug-likeness (QED) is 0.0757. The van der Waals surface area contributed by atoms with E-state index in [0.717, 1.165) is 70.8 Å². The van der Waals surface area contributed by atoms with Crippen molar-refractivity contribution in [3.05, 3.63) is 117 Å². The van der Waals surface area contributed by atoms with E-state index in [0.29, 0.717) is 35.9 Å². The van der Waals surface area contributed by atoms with E-state index in [-0.39, 0.29) is 54.2 Å². The van der Waals surface area contributed by atoms with Crippen molar-refractivity contribution in [2.75, 3.05) is 25.5 Å². The van der Waals surface area contributed by atoms with Gasteiger partial charge in [0, 0.05) is 93.9 Å². The summed E-state index contributed by atoms with van der Waals surface area (Å²) in [5, 5.41) is 19.0. The summed E-state index contributed by atoms with van der Waals surface area (Å²) in [6, 6.07) is 18.4. The van der Waals surface area contributed by atoms with Crippen LogP contribution in [0.15, 0.2) is 83.1 Å². The largest absolute Gasteiger partial charge is 0.565 e. The molecule has 0 bridgehead atoms. The van der Waals surface area contributed by atoms with Crippen molar-refractivity contribution in [2.24, 2.45) is 15.8 Å². The van der Waals surface area contributed by atoms with Crippen LogP contribution in [-0.2, 0) is 19.6 Å². The zero-order chi connectivity index (χ0) is 35.3. The van der Waals surface area contributed by atoms with Crippen LogP contribution in [0.5, 0.6) is 5.75 Å². The fraction of sp³-hybridized carbons (Fsp3) is 0.359. The number of fused-ring (bicyclic) bond motifs is 1. The molecular weight excluding hydrogens is 872 g/mol. The van der Waals surface area contributed by atoms with Crippen LogP contribution in [0.1, 0.15) is 84.6 Å². The SMILES string of the molecule is C=CC(=N/C=C(C)/C(=N\NC)c1cccc(NCc2ccc3c(c2)CN(C(=O)c2cc(C(C)C)[c-]cc2O)C3)c1Cl)N1CCC(C)(N)CC1.[U]. The van der Waals surface area contributed by atoms with Crippen LogP contribution in [0, 0.1) is 37.2 Å². The van der Waals surface area contributed by atoms with Crippen molar-refractivity contribution in [1.29, 1.82) is 0 Å². The molecule has 0 aliphatic carbocycles. The number of hydrogen-bond donors (Lipinski definition) is 4. The average Bonchev–Trinajstić information content (AvgIpc) is 3.51. The van der Waals surface area contributed by atoms with E-state index in [1.165, 1.54) is 6.07 Å². The van der Waals surface area contributed by atoms with Crippen LogP contribution in [0.3, 0.4) is 0 Å². The molecule has 0 unspecified atom stereocenters. The number of aliphatic imine (C=N–C) groups is 1. The van der Waals surface area contributed by atoms with Crippen molar-refractivity contribution >= 4 is 34.7 Å². The number of hydrazone groups is 1. The topological polar surface area (TPSA) is 119 Å². The molecule has 5 N–H and O–H groups in total. The third-order valence-electron chi connectivity index (χ3n) is 9.22. The van der Waals surface area contributed by atoms with E-state index in [1.807, 2.05) is 39.0 Å². The molecule has 50 heavy (non-hydrogen) atoms. The number of nitrogens with two attached hydrogens (primary N) is 1. The summed E-state index contributed by atoms with van der Waals surface area (Å²) in [6.07, 6.45) is 5.37. The smallest absolute Gasteiger partial charge is 0.233 e. The van der Waals surface area contributed by atoms with Gasteiger partial charge in [-0.15, -0.1) is 6.07 Å². The average molecular weight is 919 g/mol. The third kappa shape index (κ3) is 9.21. The van der Waals surface area contributed by atoms with Crippen LogP contribution in [0.25, 0.3) is 0 Å². The Kier molecular flexibility index (Phi) is 13.4. The summed E-state index contributed by atoms with van der Waals surface area (Å²) in [7, 11) is 1.76. The number of allylic oxidation sites excluding steroid dienone is 1. The molecule has 1 fully saturated rings. The number of halogens is 1. The second kappa shape index (κ2) is 17.1. The molecule has 9 nitrogen and oxygen atoms in total. The maximum absolute atomic E-state index is 13.4. The van der Waals surface area contributed by atoms with Crippen LogP contribution in [0.2, 0.25) is 5.02 Å². The first-order valence-corrected chi connectivity index (χ1v) is 17.1. The van der Waals surface area contributed by atoms with Gasteiger partial charge in [0.25, 0.3) is 0 Å². The number of carbonyl (C=O) groups is 1. The molecule has 2 heterocycles. The van der Waals surface area contributed by atoms with Gasteiger partial charge in [-0.05, 0) is 72.6 Å². The van der Waals surface area contributed by atoms with Gasteiger partial charge in [0.2, 0.25) is 5.91 Å². The van der Waals surface area contributed by atoms with Gasteiger partial charge in [-0.3, -0.25) is 4.79 Å². The second-order valence-electron chi connectivity index (χ2n) is 13.5. The molecule has 1 saturated heterocycles. The number of nitrogens with one attached hydrogen (secondary N) is 2. The minimum absolute atomic E-state index is 0. The number of rotatable bonds is 10. The van der Waals surface area contributed by atoms with Gasteiger partial charge in [-0.1, -0.05) is 62.4 Å². The van der Waals surface area contributed by atoms with Crippen LogP contribution >= 0.6 is 11.6 Å². The molecule has 2 aliphatic heterocycles. The van der Waals surface area contributed by atoms with E-state index in [4.69, 9.17) is 22.3 Å². The summed E-state index contributed by atoms with van der Waals surface area (Å²) in [5.74, 6) is 0.774. The Morgan fingerprint density at radius 2 is 1.86 bits per heavy atom. The van der Waals surface area contributed by atoms with E-state index >= 15 is 0 Å². The number of nitrogens with zero attached hydrogens (tertiary/aromatic N) is 4. The van der Waals surface area contributed by atoms with Gasteiger partial charge in [0.1, 0.15) is 5.84 Å². The van der Waals surface area contributed by atoms with Gasteiger partial charge in [-0.25, -0.2) is 4.99 Å². The summed E-state index contributed by atoms with van der Waals surface area (Å²) in [5.41, 5.74) is 16.6. The van der Waals surface area contributed by atoms with Gasteiger partial charge in [0.05, 0.1) is 16.4 Å².